The first-order chi connectivity index (χ1) is 14.5. The summed E-state index contributed by atoms with van der Waals surface area (Å²) in [6.07, 6.45) is 0. The van der Waals surface area contributed by atoms with E-state index >= 15 is 0 Å². The van der Waals surface area contributed by atoms with Crippen molar-refractivity contribution in [1.29, 1.82) is 0 Å². The number of ether oxygens (including phenoxy) is 1. The van der Waals surface area contributed by atoms with Crippen molar-refractivity contribution in [2.75, 3.05) is 17.7 Å². The van der Waals surface area contributed by atoms with Gasteiger partial charge in [0, 0.05) is 23.4 Å². The monoisotopic (exact) mass is 428 g/mol. The molecule has 0 atom stereocenters. The van der Waals surface area contributed by atoms with Gasteiger partial charge in [-0.1, -0.05) is 17.8 Å². The fourth-order valence-electron chi connectivity index (χ4n) is 2.37. The SMILES string of the molecule is CCOC(=O)c1ccc(NC(=O)CSc2nnc(-c3cccc([N+](=O)[O-])c3)o2)cc1. The molecule has 10 nitrogen and oxygen atoms in total. The lowest BCUT2D eigenvalue weighted by molar-refractivity contribution is -0.384. The quantitative estimate of drug-likeness (QED) is 0.247. The van der Waals surface area contributed by atoms with E-state index in [0.29, 0.717) is 16.8 Å². The smallest absolute Gasteiger partial charge is 0.338 e. The molecule has 0 unspecified atom stereocenters. The minimum Gasteiger partial charge on any atom is -0.462 e. The van der Waals surface area contributed by atoms with E-state index in [1.807, 2.05) is 0 Å². The van der Waals surface area contributed by atoms with Crippen molar-refractivity contribution in [3.05, 3.63) is 64.2 Å². The van der Waals surface area contributed by atoms with Crippen molar-refractivity contribution in [2.45, 2.75) is 12.1 Å². The predicted molar refractivity (Wildman–Crippen MR) is 108 cm³/mol. The number of non-ortho nitro benzene ring substituents is 1. The molecule has 1 N–H and O–H groups in total. The van der Waals surface area contributed by atoms with Gasteiger partial charge in [0.2, 0.25) is 11.8 Å². The molecule has 0 aliphatic heterocycles. The van der Waals surface area contributed by atoms with Crippen molar-refractivity contribution in [3.8, 4) is 11.5 Å². The zero-order valence-corrected chi connectivity index (χ0v) is 16.5. The van der Waals surface area contributed by atoms with Gasteiger partial charge in [0.15, 0.2) is 0 Å². The molecule has 30 heavy (non-hydrogen) atoms. The molecule has 3 rings (SSSR count). The number of amides is 1. The van der Waals surface area contributed by atoms with Gasteiger partial charge in [-0.2, -0.15) is 0 Å². The number of hydrogen-bond donors (Lipinski definition) is 1. The van der Waals surface area contributed by atoms with Crippen LogP contribution >= 0.6 is 11.8 Å². The Morgan fingerprint density at radius 3 is 2.67 bits per heavy atom. The maximum absolute atomic E-state index is 12.1. The number of carbonyl (C=O) groups is 2. The Kier molecular flexibility index (Phi) is 6.75. The Labute approximate surface area is 174 Å². The molecule has 0 saturated heterocycles. The molecule has 0 fully saturated rings. The van der Waals surface area contributed by atoms with Gasteiger partial charge < -0.3 is 14.5 Å². The van der Waals surface area contributed by atoms with Crippen molar-refractivity contribution in [2.24, 2.45) is 0 Å². The highest BCUT2D eigenvalue weighted by Gasteiger charge is 2.14. The number of aromatic nitrogens is 2. The van der Waals surface area contributed by atoms with E-state index in [2.05, 4.69) is 15.5 Å². The van der Waals surface area contributed by atoms with Crippen LogP contribution in [0.4, 0.5) is 11.4 Å². The molecule has 0 saturated carbocycles. The molecular weight excluding hydrogens is 412 g/mol. The number of carbonyl (C=O) groups excluding carboxylic acids is 2. The van der Waals surface area contributed by atoms with Crippen molar-refractivity contribution < 1.29 is 23.7 Å². The number of anilines is 1. The minimum absolute atomic E-state index is 0.0101. The first kappa shape index (κ1) is 21.0. The maximum Gasteiger partial charge on any atom is 0.338 e. The molecular formula is C19H16N4O6S. The van der Waals surface area contributed by atoms with E-state index in [4.69, 9.17) is 9.15 Å². The average molecular weight is 428 g/mol. The molecule has 0 spiro atoms. The van der Waals surface area contributed by atoms with Crippen LogP contribution in [-0.4, -0.2) is 39.4 Å². The summed E-state index contributed by atoms with van der Waals surface area (Å²) < 4.78 is 10.4. The Hall–Kier alpha value is -3.73. The fourth-order valence-corrected chi connectivity index (χ4v) is 2.93. The second kappa shape index (κ2) is 9.65. The van der Waals surface area contributed by atoms with E-state index in [1.165, 1.54) is 18.2 Å². The second-order valence-corrected chi connectivity index (χ2v) is 6.74. The van der Waals surface area contributed by atoms with Crippen LogP contribution in [0.3, 0.4) is 0 Å². The van der Waals surface area contributed by atoms with E-state index in [9.17, 15) is 19.7 Å². The summed E-state index contributed by atoms with van der Waals surface area (Å²) >= 11 is 1.03. The summed E-state index contributed by atoms with van der Waals surface area (Å²) in [5.41, 5.74) is 1.24. The fraction of sp³-hybridized carbons (Fsp3) is 0.158. The van der Waals surface area contributed by atoms with Gasteiger partial charge in [0.25, 0.3) is 10.9 Å². The summed E-state index contributed by atoms with van der Waals surface area (Å²) in [6.45, 7) is 2.01. The van der Waals surface area contributed by atoms with Gasteiger partial charge in [0.1, 0.15) is 0 Å². The normalized spacial score (nSPS) is 10.4. The first-order valence-corrected chi connectivity index (χ1v) is 9.73. The largest absolute Gasteiger partial charge is 0.462 e. The number of esters is 1. The van der Waals surface area contributed by atoms with E-state index < -0.39 is 10.9 Å². The van der Waals surface area contributed by atoms with Crippen LogP contribution in [0, 0.1) is 10.1 Å². The van der Waals surface area contributed by atoms with Gasteiger partial charge >= 0.3 is 5.97 Å². The zero-order valence-electron chi connectivity index (χ0n) is 15.7. The maximum atomic E-state index is 12.1. The summed E-state index contributed by atoms with van der Waals surface area (Å²) in [6, 6.07) is 12.1. The molecule has 0 aliphatic rings. The number of nitro benzene ring substituents is 1. The molecule has 11 heteroatoms. The molecule has 1 aromatic heterocycles. The van der Waals surface area contributed by atoms with Crippen molar-refractivity contribution >= 4 is 35.0 Å². The highest BCUT2D eigenvalue weighted by molar-refractivity contribution is 7.99. The summed E-state index contributed by atoms with van der Waals surface area (Å²) in [5, 5.41) is 21.4. The number of nitrogens with zero attached hydrogens (tertiary/aromatic N) is 3. The molecule has 1 amide bonds. The number of thioether (sulfide) groups is 1. The standard InChI is InChI=1S/C19H16N4O6S/c1-2-28-18(25)12-6-8-14(9-7-12)20-16(24)11-30-19-22-21-17(29-19)13-4-3-5-15(10-13)23(26)27/h3-10H,2,11H2,1H3,(H,20,24). The van der Waals surface area contributed by atoms with Crippen molar-refractivity contribution in [3.63, 3.8) is 0 Å². The Balaban J connectivity index is 1.55. The zero-order chi connectivity index (χ0) is 21.5. The van der Waals surface area contributed by atoms with Gasteiger partial charge in [-0.05, 0) is 37.3 Å². The lowest BCUT2D eigenvalue weighted by Crippen LogP contribution is -2.14. The van der Waals surface area contributed by atoms with Gasteiger partial charge in [-0.15, -0.1) is 10.2 Å². The molecule has 154 valence electrons. The number of nitrogens with one attached hydrogen (secondary N) is 1. The van der Waals surface area contributed by atoms with Crippen LogP contribution in [0.25, 0.3) is 11.5 Å². The van der Waals surface area contributed by atoms with Crippen LogP contribution in [0.5, 0.6) is 0 Å². The van der Waals surface area contributed by atoms with E-state index in [0.717, 1.165) is 11.8 Å². The average Bonchev–Trinajstić information content (AvgIpc) is 3.22. The first-order valence-electron chi connectivity index (χ1n) is 8.74. The van der Waals surface area contributed by atoms with Crippen molar-refractivity contribution in [1.82, 2.24) is 10.2 Å². The number of nitro groups is 1. The third-order valence-electron chi connectivity index (χ3n) is 3.72. The van der Waals surface area contributed by atoms with Crippen LogP contribution in [-0.2, 0) is 9.53 Å². The van der Waals surface area contributed by atoms with Crippen LogP contribution in [0.1, 0.15) is 17.3 Å². The predicted octanol–water partition coefficient (Wildman–Crippen LogP) is 3.55. The van der Waals surface area contributed by atoms with Gasteiger partial charge in [-0.3, -0.25) is 14.9 Å². The summed E-state index contributed by atoms with van der Waals surface area (Å²) in [7, 11) is 0. The molecule has 3 aromatic rings. The summed E-state index contributed by atoms with van der Waals surface area (Å²) in [4.78, 5) is 34.1. The Bertz CT molecular complexity index is 1070. The molecule has 0 bridgehead atoms. The number of hydrogen-bond acceptors (Lipinski definition) is 9. The van der Waals surface area contributed by atoms with Crippen LogP contribution in [0.2, 0.25) is 0 Å². The van der Waals surface area contributed by atoms with Gasteiger partial charge in [-0.25, -0.2) is 4.79 Å². The topological polar surface area (TPSA) is 137 Å². The molecule has 2 aromatic carbocycles. The Morgan fingerprint density at radius 1 is 1.20 bits per heavy atom. The summed E-state index contributed by atoms with van der Waals surface area (Å²) in [5.74, 6) is -0.604. The van der Waals surface area contributed by atoms with Gasteiger partial charge in [0.05, 0.1) is 22.8 Å². The van der Waals surface area contributed by atoms with Crippen LogP contribution in [0.15, 0.2) is 58.2 Å². The number of rotatable bonds is 8. The third-order valence-corrected chi connectivity index (χ3v) is 4.54. The van der Waals surface area contributed by atoms with E-state index in [1.54, 1.807) is 37.3 Å². The second-order valence-electron chi connectivity index (χ2n) is 5.82. The van der Waals surface area contributed by atoms with E-state index in [-0.39, 0.29) is 35.1 Å². The third kappa shape index (κ3) is 5.41. The number of benzene rings is 2. The highest BCUT2D eigenvalue weighted by atomic mass is 32.2. The minimum atomic E-state index is -0.515. The molecule has 1 heterocycles. The van der Waals surface area contributed by atoms with Crippen LogP contribution < -0.4 is 5.32 Å². The molecule has 0 radical (unpaired) electrons. The lowest BCUT2D eigenvalue weighted by Gasteiger charge is -2.05. The molecule has 0 aliphatic carbocycles. The lowest BCUT2D eigenvalue weighted by atomic mass is 10.2. The highest BCUT2D eigenvalue weighted by Crippen LogP contribution is 2.26. The Morgan fingerprint density at radius 2 is 1.97 bits per heavy atom.